The molecular weight excluding hydrogens is 464 g/mol. The first-order valence-electron chi connectivity index (χ1n) is 13.9. The van der Waals surface area contributed by atoms with E-state index in [-0.39, 0.29) is 17.1 Å². The number of thioether (sulfide) groups is 1. The van der Waals surface area contributed by atoms with E-state index in [0.717, 1.165) is 59.0 Å². The van der Waals surface area contributed by atoms with Gasteiger partial charge in [0.2, 0.25) is 0 Å². The third-order valence-electron chi connectivity index (χ3n) is 7.10. The number of Topliss-reactive ketones (excluding diaryl/α,β-unsaturated/α-hetero) is 1. The topological polar surface area (TPSA) is 62.1 Å². The average Bonchev–Trinajstić information content (AvgIpc) is 2.84. The number of nitriles is 1. The van der Waals surface area contributed by atoms with Gasteiger partial charge in [-0.2, -0.15) is 5.26 Å². The molecule has 0 fully saturated rings. The quantitative estimate of drug-likeness (QED) is 0.256. The maximum absolute atomic E-state index is 13.4. The fraction of sp³-hybridized carbons (Fsp3) is 0.613. The summed E-state index contributed by atoms with van der Waals surface area (Å²) in [5.41, 5.74) is 3.37. The van der Waals surface area contributed by atoms with Crippen LogP contribution in [-0.4, -0.2) is 18.1 Å². The first-order valence-corrected chi connectivity index (χ1v) is 14.9. The highest BCUT2D eigenvalue weighted by Crippen LogP contribution is 2.48. The molecule has 5 heteroatoms. The van der Waals surface area contributed by atoms with Crippen LogP contribution in [-0.2, 0) is 4.79 Å². The van der Waals surface area contributed by atoms with Gasteiger partial charge in [0.1, 0.15) is 5.75 Å². The fourth-order valence-electron chi connectivity index (χ4n) is 5.15. The number of carbonyl (C=O) groups excluding carboxylic acids is 1. The van der Waals surface area contributed by atoms with Crippen molar-refractivity contribution in [1.29, 1.82) is 5.26 Å². The molecule has 0 aromatic heterocycles. The molecule has 4 nitrogen and oxygen atoms in total. The molecule has 1 aliphatic carbocycles. The molecular formula is C31H44N2O2S. The zero-order valence-corrected chi connectivity index (χ0v) is 23.6. The normalized spacial score (nSPS) is 19.1. The zero-order valence-electron chi connectivity index (χ0n) is 22.8. The number of benzene rings is 1. The Bertz CT molecular complexity index is 985. The van der Waals surface area contributed by atoms with Crippen molar-refractivity contribution in [2.24, 2.45) is 5.41 Å². The molecule has 1 unspecified atom stereocenters. The predicted octanol–water partition coefficient (Wildman–Crippen LogP) is 8.41. The van der Waals surface area contributed by atoms with E-state index in [1.165, 1.54) is 38.5 Å². The molecule has 1 aromatic rings. The minimum atomic E-state index is -0.309. The van der Waals surface area contributed by atoms with Gasteiger partial charge in [-0.3, -0.25) is 4.79 Å². The highest BCUT2D eigenvalue weighted by atomic mass is 32.2. The van der Waals surface area contributed by atoms with Crippen LogP contribution in [0.3, 0.4) is 0 Å². The summed E-state index contributed by atoms with van der Waals surface area (Å²) in [5.74, 6) is 1.67. The maximum Gasteiger partial charge on any atom is 0.162 e. The summed E-state index contributed by atoms with van der Waals surface area (Å²) in [7, 11) is 0. The molecule has 2 aliphatic rings. The van der Waals surface area contributed by atoms with Crippen LogP contribution < -0.4 is 10.1 Å². The molecule has 0 saturated carbocycles. The summed E-state index contributed by atoms with van der Waals surface area (Å²) >= 11 is 1.75. The number of dihydropyridines is 1. The van der Waals surface area contributed by atoms with Gasteiger partial charge in [0, 0.05) is 17.7 Å². The summed E-state index contributed by atoms with van der Waals surface area (Å²) < 4.78 is 5.85. The molecule has 36 heavy (non-hydrogen) atoms. The van der Waals surface area contributed by atoms with Crippen molar-refractivity contribution in [3.8, 4) is 11.8 Å². The number of allylic oxidation sites excluding steroid dienone is 3. The predicted molar refractivity (Wildman–Crippen MR) is 151 cm³/mol. The van der Waals surface area contributed by atoms with E-state index in [0.29, 0.717) is 18.6 Å². The van der Waals surface area contributed by atoms with Gasteiger partial charge in [0.25, 0.3) is 0 Å². The summed E-state index contributed by atoms with van der Waals surface area (Å²) in [5, 5.41) is 14.8. The molecule has 0 spiro atoms. The lowest BCUT2D eigenvalue weighted by atomic mass is 9.69. The van der Waals surface area contributed by atoms with Crippen LogP contribution >= 0.6 is 11.8 Å². The molecule has 0 radical (unpaired) electrons. The second-order valence-corrected chi connectivity index (χ2v) is 12.1. The molecule has 1 N–H and O–H groups in total. The molecule has 0 bridgehead atoms. The number of ether oxygens (including phenoxy) is 1. The Kier molecular flexibility index (Phi) is 11.0. The molecule has 1 atom stereocenters. The zero-order chi connectivity index (χ0) is 26.0. The van der Waals surface area contributed by atoms with E-state index >= 15 is 0 Å². The Labute approximate surface area is 223 Å². The Morgan fingerprint density at radius 1 is 1.00 bits per heavy atom. The SMILES string of the molecule is CCCCCCCCCSC1=C(C#N)C(c2ccc(OCCCC)cc2)C2=C(CC(C)(C)CC2=O)N1. The van der Waals surface area contributed by atoms with Gasteiger partial charge in [-0.05, 0) is 48.1 Å². The smallest absolute Gasteiger partial charge is 0.162 e. The van der Waals surface area contributed by atoms with Crippen LogP contribution in [0.5, 0.6) is 5.75 Å². The van der Waals surface area contributed by atoms with Gasteiger partial charge in [0.15, 0.2) is 5.78 Å². The second kappa shape index (κ2) is 13.9. The van der Waals surface area contributed by atoms with Gasteiger partial charge in [-0.25, -0.2) is 0 Å². The largest absolute Gasteiger partial charge is 0.494 e. The monoisotopic (exact) mass is 508 g/mol. The summed E-state index contributed by atoms with van der Waals surface area (Å²) in [6.45, 7) is 9.41. The summed E-state index contributed by atoms with van der Waals surface area (Å²) in [6, 6.07) is 10.5. The Hall–Kier alpha value is -2.19. The lowest BCUT2D eigenvalue weighted by molar-refractivity contribution is -0.118. The standard InChI is InChI=1S/C31H44N2O2S/c1-5-7-9-10-11-12-13-19-36-30-25(22-32)28(23-14-16-24(17-15-23)35-18-8-6-2)29-26(33-30)20-31(3,4)21-27(29)34/h14-17,28,33H,5-13,18-21H2,1-4H3. The van der Waals surface area contributed by atoms with Crippen molar-refractivity contribution in [2.45, 2.75) is 104 Å². The highest BCUT2D eigenvalue weighted by Gasteiger charge is 2.41. The number of carbonyl (C=O) groups is 1. The maximum atomic E-state index is 13.4. The van der Waals surface area contributed by atoms with Gasteiger partial charge < -0.3 is 10.1 Å². The molecule has 196 valence electrons. The van der Waals surface area contributed by atoms with Gasteiger partial charge >= 0.3 is 0 Å². The van der Waals surface area contributed by atoms with E-state index in [1.807, 2.05) is 24.3 Å². The second-order valence-electron chi connectivity index (χ2n) is 11.0. The van der Waals surface area contributed by atoms with Crippen LogP contribution in [0.25, 0.3) is 0 Å². The van der Waals surface area contributed by atoms with Crippen molar-refractivity contribution in [3.63, 3.8) is 0 Å². The fourth-order valence-corrected chi connectivity index (χ4v) is 6.21. The van der Waals surface area contributed by atoms with Crippen LogP contribution in [0.2, 0.25) is 0 Å². The van der Waals surface area contributed by atoms with Gasteiger partial charge in [0.05, 0.1) is 29.2 Å². The van der Waals surface area contributed by atoms with Crippen LogP contribution in [0.4, 0.5) is 0 Å². The van der Waals surface area contributed by atoms with Crippen molar-refractivity contribution < 1.29 is 9.53 Å². The average molecular weight is 509 g/mol. The molecule has 0 saturated heterocycles. The Morgan fingerprint density at radius 2 is 1.67 bits per heavy atom. The molecule has 1 aromatic carbocycles. The number of ketones is 1. The number of unbranched alkanes of at least 4 members (excludes halogenated alkanes) is 7. The Balaban J connectivity index is 1.80. The van der Waals surface area contributed by atoms with Crippen LogP contribution in [0.15, 0.2) is 46.1 Å². The molecule has 1 heterocycles. The van der Waals surface area contributed by atoms with E-state index < -0.39 is 0 Å². The first kappa shape index (κ1) is 28.4. The summed E-state index contributed by atoms with van der Waals surface area (Å²) in [6.07, 6.45) is 12.4. The minimum absolute atomic E-state index is 0.0805. The number of hydrogen-bond acceptors (Lipinski definition) is 5. The molecule has 3 rings (SSSR count). The third kappa shape index (κ3) is 7.65. The molecule has 1 aliphatic heterocycles. The van der Waals surface area contributed by atoms with E-state index in [4.69, 9.17) is 4.74 Å². The van der Waals surface area contributed by atoms with Gasteiger partial charge in [-0.1, -0.05) is 84.8 Å². The highest BCUT2D eigenvalue weighted by molar-refractivity contribution is 8.03. The Morgan fingerprint density at radius 3 is 2.33 bits per heavy atom. The van der Waals surface area contributed by atoms with E-state index in [9.17, 15) is 10.1 Å². The first-order chi connectivity index (χ1) is 17.4. The van der Waals surface area contributed by atoms with Crippen molar-refractivity contribution in [3.05, 3.63) is 51.7 Å². The third-order valence-corrected chi connectivity index (χ3v) is 8.20. The van der Waals surface area contributed by atoms with Gasteiger partial charge in [-0.15, -0.1) is 11.8 Å². The van der Waals surface area contributed by atoms with E-state index in [2.05, 4.69) is 39.1 Å². The van der Waals surface area contributed by atoms with Crippen molar-refractivity contribution in [1.82, 2.24) is 5.32 Å². The lowest BCUT2D eigenvalue weighted by Gasteiger charge is -2.39. The van der Waals surface area contributed by atoms with Crippen LogP contribution in [0.1, 0.15) is 110 Å². The molecule has 0 amide bonds. The minimum Gasteiger partial charge on any atom is -0.494 e. The van der Waals surface area contributed by atoms with E-state index in [1.54, 1.807) is 11.8 Å². The number of rotatable bonds is 14. The number of nitrogens with one attached hydrogen (secondary N) is 1. The lowest BCUT2D eigenvalue weighted by Crippen LogP contribution is -2.36. The van der Waals surface area contributed by atoms with Crippen molar-refractivity contribution in [2.75, 3.05) is 12.4 Å². The number of nitrogens with zero attached hydrogens (tertiary/aromatic N) is 1. The number of hydrogen-bond donors (Lipinski definition) is 1. The van der Waals surface area contributed by atoms with Crippen LogP contribution in [0, 0.1) is 16.7 Å². The summed E-state index contributed by atoms with van der Waals surface area (Å²) in [4.78, 5) is 13.4. The van der Waals surface area contributed by atoms with Crippen molar-refractivity contribution >= 4 is 17.5 Å².